The molecule has 94 valence electrons. The van der Waals surface area contributed by atoms with E-state index in [9.17, 15) is 0 Å². The molecule has 18 heavy (non-hydrogen) atoms. The van der Waals surface area contributed by atoms with Crippen molar-refractivity contribution in [3.63, 3.8) is 0 Å². The molecule has 1 aliphatic heterocycles. The maximum atomic E-state index is 5.52. The molecule has 1 aromatic carbocycles. The van der Waals surface area contributed by atoms with Gasteiger partial charge in [-0.1, -0.05) is 35.0 Å². The highest BCUT2D eigenvalue weighted by Gasteiger charge is 2.22. The van der Waals surface area contributed by atoms with Crippen molar-refractivity contribution in [3.8, 4) is 11.1 Å². The van der Waals surface area contributed by atoms with Gasteiger partial charge >= 0.3 is 0 Å². The first kappa shape index (κ1) is 11.5. The summed E-state index contributed by atoms with van der Waals surface area (Å²) in [4.78, 5) is 0. The van der Waals surface area contributed by atoms with E-state index in [-0.39, 0.29) is 0 Å². The van der Waals surface area contributed by atoms with Gasteiger partial charge in [-0.25, -0.2) is 0 Å². The maximum Gasteiger partial charge on any atom is 0.147 e. The Balaban J connectivity index is 1.95. The van der Waals surface area contributed by atoms with Crippen molar-refractivity contribution in [1.29, 1.82) is 0 Å². The molecule has 1 aromatic heterocycles. The predicted octanol–water partition coefficient (Wildman–Crippen LogP) is 3.12. The molecule has 0 aliphatic carbocycles. The van der Waals surface area contributed by atoms with Crippen molar-refractivity contribution in [1.82, 2.24) is 10.5 Å². The quantitative estimate of drug-likeness (QED) is 0.879. The second-order valence-electron chi connectivity index (χ2n) is 5.00. The molecule has 3 nitrogen and oxygen atoms in total. The van der Waals surface area contributed by atoms with Crippen LogP contribution in [-0.4, -0.2) is 18.2 Å². The lowest BCUT2D eigenvalue weighted by atomic mass is 9.91. The number of aromatic nitrogens is 1. The third-order valence-electron chi connectivity index (χ3n) is 3.64. The van der Waals surface area contributed by atoms with E-state index >= 15 is 0 Å². The lowest BCUT2D eigenvalue weighted by Gasteiger charge is -2.21. The molecule has 0 atom stereocenters. The van der Waals surface area contributed by atoms with Gasteiger partial charge in [-0.05, 0) is 38.4 Å². The van der Waals surface area contributed by atoms with E-state index < -0.39 is 0 Å². The number of rotatable bonds is 2. The smallest absolute Gasteiger partial charge is 0.147 e. The van der Waals surface area contributed by atoms with Crippen LogP contribution >= 0.6 is 0 Å². The Hall–Kier alpha value is -1.61. The van der Waals surface area contributed by atoms with Crippen molar-refractivity contribution in [2.45, 2.75) is 25.7 Å². The minimum absolute atomic E-state index is 0.504. The number of nitrogens with zero attached hydrogens (tertiary/aromatic N) is 1. The normalized spacial score (nSPS) is 16.9. The first-order chi connectivity index (χ1) is 8.84. The molecule has 0 unspecified atom stereocenters. The summed E-state index contributed by atoms with van der Waals surface area (Å²) >= 11 is 0. The fourth-order valence-corrected chi connectivity index (χ4v) is 2.66. The molecular weight excluding hydrogens is 224 g/mol. The number of benzene rings is 1. The zero-order valence-electron chi connectivity index (χ0n) is 10.6. The molecule has 1 N–H and O–H groups in total. The summed E-state index contributed by atoms with van der Waals surface area (Å²) in [5.41, 5.74) is 3.64. The Bertz CT molecular complexity index is 527. The van der Waals surface area contributed by atoms with Crippen molar-refractivity contribution in [2.75, 3.05) is 13.1 Å². The average Bonchev–Trinajstić information content (AvgIpc) is 2.89. The molecule has 1 aliphatic rings. The number of nitrogens with one attached hydrogen (secondary N) is 1. The molecule has 3 rings (SSSR count). The SMILES string of the molecule is Cc1cccc(-c2cnoc2C2CCNCC2)c1. The Morgan fingerprint density at radius 3 is 2.89 bits per heavy atom. The van der Waals surface area contributed by atoms with Crippen molar-refractivity contribution < 1.29 is 4.52 Å². The molecule has 0 amide bonds. The van der Waals surface area contributed by atoms with Crippen LogP contribution in [0.3, 0.4) is 0 Å². The zero-order valence-corrected chi connectivity index (χ0v) is 10.6. The summed E-state index contributed by atoms with van der Waals surface area (Å²) < 4.78 is 5.52. The van der Waals surface area contributed by atoms with E-state index in [0.29, 0.717) is 5.92 Å². The van der Waals surface area contributed by atoms with Gasteiger partial charge < -0.3 is 9.84 Å². The topological polar surface area (TPSA) is 38.1 Å². The van der Waals surface area contributed by atoms with Crippen molar-refractivity contribution in [3.05, 3.63) is 41.8 Å². The lowest BCUT2D eigenvalue weighted by Crippen LogP contribution is -2.26. The molecular formula is C15H18N2O. The summed E-state index contributed by atoms with van der Waals surface area (Å²) in [5.74, 6) is 1.56. The van der Waals surface area contributed by atoms with E-state index in [1.165, 1.54) is 11.1 Å². The minimum atomic E-state index is 0.504. The standard InChI is InChI=1S/C15H18N2O/c1-11-3-2-4-13(9-11)14-10-17-18-15(14)12-5-7-16-8-6-12/h2-4,9-10,12,16H,5-8H2,1H3. The van der Waals surface area contributed by atoms with Gasteiger partial charge in [-0.3, -0.25) is 0 Å². The van der Waals surface area contributed by atoms with Crippen LogP contribution in [0.2, 0.25) is 0 Å². The second kappa shape index (κ2) is 4.94. The molecule has 2 aromatic rings. The summed E-state index contributed by atoms with van der Waals surface area (Å²) in [6.45, 7) is 4.25. The summed E-state index contributed by atoms with van der Waals surface area (Å²) in [5, 5.41) is 7.39. The van der Waals surface area contributed by atoms with Crippen LogP contribution in [-0.2, 0) is 0 Å². The Labute approximate surface area is 107 Å². The highest BCUT2D eigenvalue weighted by molar-refractivity contribution is 5.65. The van der Waals surface area contributed by atoms with E-state index in [0.717, 1.165) is 37.3 Å². The summed E-state index contributed by atoms with van der Waals surface area (Å²) in [6, 6.07) is 8.52. The molecule has 1 fully saturated rings. The zero-order chi connectivity index (χ0) is 12.4. The molecule has 0 saturated carbocycles. The highest BCUT2D eigenvalue weighted by Crippen LogP contribution is 2.34. The van der Waals surface area contributed by atoms with E-state index in [1.54, 1.807) is 0 Å². The molecule has 1 saturated heterocycles. The largest absolute Gasteiger partial charge is 0.360 e. The monoisotopic (exact) mass is 242 g/mol. The molecule has 0 radical (unpaired) electrons. The van der Waals surface area contributed by atoms with Crippen LogP contribution < -0.4 is 5.32 Å². The minimum Gasteiger partial charge on any atom is -0.360 e. The second-order valence-corrected chi connectivity index (χ2v) is 5.00. The van der Waals surface area contributed by atoms with Gasteiger partial charge in [0.05, 0.1) is 6.20 Å². The van der Waals surface area contributed by atoms with Crippen molar-refractivity contribution >= 4 is 0 Å². The Kier molecular flexibility index (Phi) is 3.15. The third kappa shape index (κ3) is 2.18. The summed E-state index contributed by atoms with van der Waals surface area (Å²) in [7, 11) is 0. The Morgan fingerprint density at radius 2 is 2.11 bits per heavy atom. The van der Waals surface area contributed by atoms with Gasteiger partial charge in [-0.2, -0.15) is 0 Å². The van der Waals surface area contributed by atoms with Gasteiger partial charge in [0, 0.05) is 11.5 Å². The van der Waals surface area contributed by atoms with E-state index in [4.69, 9.17) is 4.52 Å². The number of piperidine rings is 1. The molecule has 0 spiro atoms. The van der Waals surface area contributed by atoms with Gasteiger partial charge in [0.1, 0.15) is 5.76 Å². The third-order valence-corrected chi connectivity index (χ3v) is 3.64. The van der Waals surface area contributed by atoms with Crippen LogP contribution in [0.5, 0.6) is 0 Å². The van der Waals surface area contributed by atoms with Crippen molar-refractivity contribution in [2.24, 2.45) is 0 Å². The van der Waals surface area contributed by atoms with Crippen LogP contribution in [0, 0.1) is 6.92 Å². The first-order valence-corrected chi connectivity index (χ1v) is 6.57. The first-order valence-electron chi connectivity index (χ1n) is 6.57. The van der Waals surface area contributed by atoms with Crippen LogP contribution in [0.4, 0.5) is 0 Å². The number of hydrogen-bond donors (Lipinski definition) is 1. The maximum absolute atomic E-state index is 5.52. The van der Waals surface area contributed by atoms with Crippen LogP contribution in [0.15, 0.2) is 35.0 Å². The number of hydrogen-bond acceptors (Lipinski definition) is 3. The van der Waals surface area contributed by atoms with E-state index in [1.807, 2.05) is 6.20 Å². The van der Waals surface area contributed by atoms with Crippen LogP contribution in [0.25, 0.3) is 11.1 Å². The van der Waals surface area contributed by atoms with Gasteiger partial charge in [0.2, 0.25) is 0 Å². The fraction of sp³-hybridized carbons (Fsp3) is 0.400. The van der Waals surface area contributed by atoms with Crippen LogP contribution in [0.1, 0.15) is 30.1 Å². The van der Waals surface area contributed by atoms with Gasteiger partial charge in [0.15, 0.2) is 0 Å². The molecule has 0 bridgehead atoms. The average molecular weight is 242 g/mol. The highest BCUT2D eigenvalue weighted by atomic mass is 16.5. The van der Waals surface area contributed by atoms with E-state index in [2.05, 4.69) is 41.7 Å². The molecule has 3 heteroatoms. The van der Waals surface area contributed by atoms with Gasteiger partial charge in [0.25, 0.3) is 0 Å². The molecule has 2 heterocycles. The lowest BCUT2D eigenvalue weighted by molar-refractivity contribution is 0.328. The number of aryl methyl sites for hydroxylation is 1. The predicted molar refractivity (Wildman–Crippen MR) is 71.5 cm³/mol. The fourth-order valence-electron chi connectivity index (χ4n) is 2.66. The van der Waals surface area contributed by atoms with Gasteiger partial charge in [-0.15, -0.1) is 0 Å². The Morgan fingerprint density at radius 1 is 1.28 bits per heavy atom. The summed E-state index contributed by atoms with van der Waals surface area (Å²) in [6.07, 6.45) is 4.12.